The Morgan fingerprint density at radius 3 is 2.15 bits per heavy atom. The van der Waals surface area contributed by atoms with Gasteiger partial charge in [0, 0.05) is 12.0 Å². The van der Waals surface area contributed by atoms with Gasteiger partial charge in [0.15, 0.2) is 0 Å². The zero-order valence-electron chi connectivity index (χ0n) is 7.70. The third-order valence-electron chi connectivity index (χ3n) is 1.52. The molecule has 0 rings (SSSR count). The van der Waals surface area contributed by atoms with Gasteiger partial charge in [0.25, 0.3) is 0 Å². The van der Waals surface area contributed by atoms with Crippen molar-refractivity contribution in [2.75, 3.05) is 6.61 Å². The average Bonchev–Trinajstić information content (AvgIpc) is 1.99. The van der Waals surface area contributed by atoms with Crippen molar-refractivity contribution in [2.45, 2.75) is 37.1 Å². The van der Waals surface area contributed by atoms with Gasteiger partial charge in [-0.05, 0) is 26.7 Å². The molecule has 0 heterocycles. The highest BCUT2D eigenvalue weighted by molar-refractivity contribution is 7.44. The van der Waals surface area contributed by atoms with Gasteiger partial charge in [0.05, 0.1) is 5.00 Å². The molecule has 1 nitrogen and oxygen atoms in total. The molecular formula is C7H14Cl4OSi. The monoisotopic (exact) mass is 282 g/mol. The number of halogens is 4. The lowest BCUT2D eigenvalue weighted by Gasteiger charge is -2.21. The Bertz CT molecular complexity index is 142. The molecule has 0 fully saturated rings. The molecule has 0 N–H and O–H groups in total. The molecule has 0 aromatic heterocycles. The Morgan fingerprint density at radius 1 is 1.23 bits per heavy atom. The van der Waals surface area contributed by atoms with Crippen molar-refractivity contribution >= 4 is 52.3 Å². The van der Waals surface area contributed by atoms with E-state index >= 15 is 0 Å². The largest absolute Gasteiger partial charge is 0.407 e. The van der Waals surface area contributed by atoms with Crippen LogP contribution in [0.15, 0.2) is 0 Å². The summed E-state index contributed by atoms with van der Waals surface area (Å²) in [5, 5.41) is -0.196. The lowest BCUT2D eigenvalue weighted by atomic mass is 10.3. The van der Waals surface area contributed by atoms with Crippen LogP contribution in [0.4, 0.5) is 0 Å². The Labute approximate surface area is 100 Å². The van der Waals surface area contributed by atoms with E-state index in [1.807, 2.05) is 13.8 Å². The maximum Gasteiger partial charge on any atom is 0.407 e. The van der Waals surface area contributed by atoms with Crippen molar-refractivity contribution in [3.05, 3.63) is 0 Å². The molecule has 0 amide bonds. The van der Waals surface area contributed by atoms with E-state index in [1.165, 1.54) is 0 Å². The lowest BCUT2D eigenvalue weighted by Crippen LogP contribution is -2.37. The Balaban J connectivity index is 3.86. The fourth-order valence-electron chi connectivity index (χ4n) is 0.827. The molecule has 2 atom stereocenters. The highest BCUT2D eigenvalue weighted by Crippen LogP contribution is 2.29. The maximum atomic E-state index is 6.01. The van der Waals surface area contributed by atoms with Gasteiger partial charge in [0.2, 0.25) is 0 Å². The number of rotatable bonds is 6. The van der Waals surface area contributed by atoms with Crippen LogP contribution in [0.5, 0.6) is 0 Å². The molecule has 2 unspecified atom stereocenters. The quantitative estimate of drug-likeness (QED) is 0.407. The first-order valence-electron chi connectivity index (χ1n) is 4.20. The molecule has 0 aromatic carbocycles. The summed E-state index contributed by atoms with van der Waals surface area (Å²) in [7, 11) is 0. The van der Waals surface area contributed by atoms with Gasteiger partial charge in [-0.2, -0.15) is 0 Å². The van der Waals surface area contributed by atoms with Gasteiger partial charge in [-0.1, -0.05) is 0 Å². The first-order valence-corrected chi connectivity index (χ1v) is 9.08. The first-order chi connectivity index (χ1) is 5.90. The van der Waals surface area contributed by atoms with E-state index in [0.29, 0.717) is 13.0 Å². The standard InChI is InChI=1S/C7H14Cl4OSi/c1-3-12-13(10,11)7(9)5-4-6(2)8/h6-7H,3-5H2,1-2H3. The molecule has 0 aromatic rings. The molecule has 0 saturated heterocycles. The molecule has 13 heavy (non-hydrogen) atoms. The van der Waals surface area contributed by atoms with Gasteiger partial charge in [-0.25, -0.2) is 0 Å². The zero-order valence-corrected chi connectivity index (χ0v) is 11.7. The van der Waals surface area contributed by atoms with E-state index in [0.717, 1.165) is 6.42 Å². The zero-order chi connectivity index (χ0) is 10.5. The van der Waals surface area contributed by atoms with Crippen LogP contribution in [0, 0.1) is 0 Å². The summed E-state index contributed by atoms with van der Waals surface area (Å²) >= 11 is 23.7. The molecule has 0 aliphatic rings. The van der Waals surface area contributed by atoms with Gasteiger partial charge < -0.3 is 4.43 Å². The second kappa shape index (κ2) is 6.75. The Kier molecular flexibility index (Phi) is 7.45. The van der Waals surface area contributed by atoms with E-state index in [4.69, 9.17) is 49.8 Å². The van der Waals surface area contributed by atoms with Crippen LogP contribution in [-0.2, 0) is 4.43 Å². The highest BCUT2D eigenvalue weighted by Gasteiger charge is 2.39. The van der Waals surface area contributed by atoms with E-state index in [1.54, 1.807) is 0 Å². The van der Waals surface area contributed by atoms with Crippen LogP contribution in [-0.4, -0.2) is 23.9 Å². The molecule has 0 radical (unpaired) electrons. The molecule has 6 heteroatoms. The van der Waals surface area contributed by atoms with Crippen LogP contribution in [0.25, 0.3) is 0 Å². The molecule has 0 spiro atoms. The van der Waals surface area contributed by atoms with Crippen molar-refractivity contribution in [1.29, 1.82) is 0 Å². The molecule has 0 aliphatic heterocycles. The summed E-state index contributed by atoms with van der Waals surface area (Å²) in [6.45, 7) is 1.54. The third-order valence-corrected chi connectivity index (χ3v) is 7.47. The van der Waals surface area contributed by atoms with Crippen LogP contribution >= 0.6 is 45.4 Å². The van der Waals surface area contributed by atoms with E-state index in [-0.39, 0.29) is 10.4 Å². The van der Waals surface area contributed by atoms with Crippen molar-refractivity contribution in [1.82, 2.24) is 0 Å². The van der Waals surface area contributed by atoms with Gasteiger partial charge in [-0.15, -0.1) is 45.4 Å². The second-order valence-corrected chi connectivity index (χ2v) is 10.5. The smallest absolute Gasteiger partial charge is 0.392 e. The summed E-state index contributed by atoms with van der Waals surface area (Å²) in [6.07, 6.45) is 1.50. The highest BCUT2D eigenvalue weighted by atomic mass is 35.7. The topological polar surface area (TPSA) is 9.23 Å². The summed E-state index contributed by atoms with van der Waals surface area (Å²) in [6, 6.07) is 0. The van der Waals surface area contributed by atoms with E-state index in [9.17, 15) is 0 Å². The summed E-state index contributed by atoms with van der Waals surface area (Å²) < 4.78 is 5.22. The third kappa shape index (κ3) is 6.42. The molecular weight excluding hydrogens is 270 g/mol. The van der Waals surface area contributed by atoms with E-state index in [2.05, 4.69) is 0 Å². The summed E-state index contributed by atoms with van der Waals surface area (Å²) in [5.74, 6) is 0. The molecule has 80 valence electrons. The van der Waals surface area contributed by atoms with Gasteiger partial charge >= 0.3 is 6.94 Å². The SMILES string of the molecule is CCO[Si](Cl)(Cl)C(Cl)CCC(C)Cl. The molecule has 0 aliphatic carbocycles. The van der Waals surface area contributed by atoms with Gasteiger partial charge in [0.1, 0.15) is 0 Å². The van der Waals surface area contributed by atoms with Crippen LogP contribution in [0.1, 0.15) is 26.7 Å². The number of alkyl halides is 2. The maximum absolute atomic E-state index is 6.01. The minimum Gasteiger partial charge on any atom is -0.392 e. The fourth-order valence-corrected chi connectivity index (χ4v) is 3.65. The predicted molar refractivity (Wildman–Crippen MR) is 63.3 cm³/mol. The first kappa shape index (κ1) is 14.3. The normalized spacial score (nSPS) is 17.1. The van der Waals surface area contributed by atoms with Crippen LogP contribution in [0.2, 0.25) is 0 Å². The minimum absolute atomic E-state index is 0.0982. The van der Waals surface area contributed by atoms with Crippen LogP contribution in [0.3, 0.4) is 0 Å². The van der Waals surface area contributed by atoms with E-state index < -0.39 is 6.94 Å². The van der Waals surface area contributed by atoms with Crippen molar-refractivity contribution in [3.63, 3.8) is 0 Å². The average molecular weight is 284 g/mol. The number of hydrogen-bond acceptors (Lipinski definition) is 1. The van der Waals surface area contributed by atoms with Crippen LogP contribution < -0.4 is 0 Å². The number of hydrogen-bond donors (Lipinski definition) is 0. The Morgan fingerprint density at radius 2 is 1.77 bits per heavy atom. The van der Waals surface area contributed by atoms with Crippen molar-refractivity contribution < 1.29 is 4.43 Å². The molecule has 0 saturated carbocycles. The summed E-state index contributed by atoms with van der Waals surface area (Å²) in [4.78, 5) is 0. The van der Waals surface area contributed by atoms with Crippen molar-refractivity contribution in [3.8, 4) is 0 Å². The predicted octanol–water partition coefficient (Wildman–Crippen LogP) is 3.99. The van der Waals surface area contributed by atoms with Crippen molar-refractivity contribution in [2.24, 2.45) is 0 Å². The summed E-state index contributed by atoms with van der Waals surface area (Å²) in [5.41, 5.74) is 0. The lowest BCUT2D eigenvalue weighted by molar-refractivity contribution is 0.345. The van der Waals surface area contributed by atoms with Gasteiger partial charge in [-0.3, -0.25) is 0 Å². The fraction of sp³-hybridized carbons (Fsp3) is 1.00. The molecule has 0 bridgehead atoms. The Hall–Kier alpha value is 1.34. The minimum atomic E-state index is -2.72. The second-order valence-electron chi connectivity index (χ2n) is 2.82.